The Hall–Kier alpha value is -3.19. The second-order valence-corrected chi connectivity index (χ2v) is 9.59. The predicted octanol–water partition coefficient (Wildman–Crippen LogP) is 3.86. The van der Waals surface area contributed by atoms with Crippen LogP contribution in [0.4, 0.5) is 10.1 Å². The molecule has 0 bridgehead atoms. The molecule has 0 aliphatic carbocycles. The molecule has 4 rings (SSSR count). The van der Waals surface area contributed by atoms with E-state index >= 15 is 0 Å². The van der Waals surface area contributed by atoms with Gasteiger partial charge in [0.2, 0.25) is 0 Å². The van der Waals surface area contributed by atoms with Crippen molar-refractivity contribution in [2.75, 3.05) is 37.3 Å². The zero-order chi connectivity index (χ0) is 22.0. The van der Waals surface area contributed by atoms with Crippen LogP contribution in [-0.4, -0.2) is 51.7 Å². The molecule has 0 saturated carbocycles. The fourth-order valence-electron chi connectivity index (χ4n) is 3.83. The van der Waals surface area contributed by atoms with Gasteiger partial charge in [0.05, 0.1) is 10.6 Å². The summed E-state index contributed by atoms with van der Waals surface area (Å²) in [5.41, 5.74) is 2.41. The van der Waals surface area contributed by atoms with Gasteiger partial charge < -0.3 is 9.80 Å². The largest absolute Gasteiger partial charge is 0.366 e. The van der Waals surface area contributed by atoms with Crippen molar-refractivity contribution in [2.24, 2.45) is 0 Å². The van der Waals surface area contributed by atoms with Gasteiger partial charge in [-0.25, -0.2) is 12.8 Å². The summed E-state index contributed by atoms with van der Waals surface area (Å²) in [6, 6.07) is 20.7. The van der Waals surface area contributed by atoms with Crippen LogP contribution in [-0.2, 0) is 9.84 Å². The maximum atomic E-state index is 14.1. The topological polar surface area (TPSA) is 57.7 Å². The Morgan fingerprint density at radius 3 is 2.16 bits per heavy atom. The first-order valence-corrected chi connectivity index (χ1v) is 11.9. The molecule has 1 aliphatic rings. The van der Waals surface area contributed by atoms with E-state index in [1.165, 1.54) is 18.2 Å². The van der Waals surface area contributed by atoms with Gasteiger partial charge in [0.1, 0.15) is 5.82 Å². The van der Waals surface area contributed by atoms with Crippen molar-refractivity contribution in [3.63, 3.8) is 0 Å². The molecular weight excluding hydrogens is 415 g/mol. The number of piperazine rings is 1. The normalized spacial score (nSPS) is 14.5. The van der Waals surface area contributed by atoms with Crippen LogP contribution in [0.25, 0.3) is 11.1 Å². The molecule has 1 heterocycles. The number of benzene rings is 3. The van der Waals surface area contributed by atoms with Gasteiger partial charge in [-0.05, 0) is 35.4 Å². The lowest BCUT2D eigenvalue weighted by atomic mass is 9.98. The third kappa shape index (κ3) is 4.46. The summed E-state index contributed by atoms with van der Waals surface area (Å²) >= 11 is 0. The summed E-state index contributed by atoms with van der Waals surface area (Å²) in [6.07, 6.45) is 1.13. The van der Waals surface area contributed by atoms with E-state index in [0.29, 0.717) is 43.0 Å². The standard InChI is InChI=1S/C24H23FN2O3S/c1-31(29,30)19-11-12-20(18-7-3-2-4-8-18)21(17-19)24(28)27-15-13-26(14-16-27)23-10-6-5-9-22(23)25/h2-12,17H,13-16H2,1H3. The Morgan fingerprint density at radius 2 is 1.52 bits per heavy atom. The molecule has 1 aliphatic heterocycles. The number of para-hydroxylation sites is 1. The average molecular weight is 439 g/mol. The van der Waals surface area contributed by atoms with Crippen LogP contribution >= 0.6 is 0 Å². The van der Waals surface area contributed by atoms with Gasteiger partial charge in [0.25, 0.3) is 5.91 Å². The minimum atomic E-state index is -3.46. The Balaban J connectivity index is 1.63. The number of sulfone groups is 1. The van der Waals surface area contributed by atoms with Gasteiger partial charge in [0.15, 0.2) is 9.84 Å². The van der Waals surface area contributed by atoms with Crippen molar-refractivity contribution in [1.29, 1.82) is 0 Å². The highest BCUT2D eigenvalue weighted by atomic mass is 32.2. The molecule has 0 spiro atoms. The number of amides is 1. The molecule has 0 aromatic heterocycles. The highest BCUT2D eigenvalue weighted by molar-refractivity contribution is 7.90. The van der Waals surface area contributed by atoms with E-state index in [2.05, 4.69) is 0 Å². The molecule has 160 valence electrons. The van der Waals surface area contributed by atoms with E-state index < -0.39 is 9.84 Å². The summed E-state index contributed by atoms with van der Waals surface area (Å²) in [6.45, 7) is 1.84. The number of nitrogens with zero attached hydrogens (tertiary/aromatic N) is 2. The molecule has 1 amide bonds. The third-order valence-electron chi connectivity index (χ3n) is 5.49. The van der Waals surface area contributed by atoms with Crippen molar-refractivity contribution in [2.45, 2.75) is 4.90 Å². The maximum Gasteiger partial charge on any atom is 0.254 e. The number of hydrogen-bond donors (Lipinski definition) is 0. The molecule has 0 atom stereocenters. The number of carbonyl (C=O) groups is 1. The Kier molecular flexibility index (Phi) is 5.78. The third-order valence-corrected chi connectivity index (χ3v) is 6.60. The lowest BCUT2D eigenvalue weighted by Gasteiger charge is -2.36. The highest BCUT2D eigenvalue weighted by Crippen LogP contribution is 2.28. The quantitative estimate of drug-likeness (QED) is 0.621. The minimum absolute atomic E-state index is 0.112. The first-order valence-electron chi connectivity index (χ1n) is 10.0. The van der Waals surface area contributed by atoms with Crippen molar-refractivity contribution in [3.8, 4) is 11.1 Å². The average Bonchev–Trinajstić information content (AvgIpc) is 2.79. The SMILES string of the molecule is CS(=O)(=O)c1ccc(-c2ccccc2)c(C(=O)N2CCN(c3ccccc3F)CC2)c1. The van der Waals surface area contributed by atoms with E-state index in [1.807, 2.05) is 35.2 Å². The summed E-state index contributed by atoms with van der Waals surface area (Å²) in [5, 5.41) is 0. The summed E-state index contributed by atoms with van der Waals surface area (Å²) < 4.78 is 38.3. The second kappa shape index (κ2) is 8.51. The number of rotatable bonds is 4. The van der Waals surface area contributed by atoms with Crippen LogP contribution in [0.15, 0.2) is 77.7 Å². The molecule has 0 unspecified atom stereocenters. The van der Waals surface area contributed by atoms with Gasteiger partial charge in [-0.15, -0.1) is 0 Å². The van der Waals surface area contributed by atoms with Crippen molar-refractivity contribution in [3.05, 3.63) is 84.2 Å². The van der Waals surface area contributed by atoms with E-state index in [0.717, 1.165) is 11.8 Å². The van der Waals surface area contributed by atoms with E-state index in [-0.39, 0.29) is 16.6 Å². The van der Waals surface area contributed by atoms with Crippen LogP contribution in [0.3, 0.4) is 0 Å². The fourth-order valence-corrected chi connectivity index (χ4v) is 4.48. The zero-order valence-electron chi connectivity index (χ0n) is 17.2. The molecular formula is C24H23FN2O3S. The Bertz CT molecular complexity index is 1200. The van der Waals surface area contributed by atoms with Crippen LogP contribution in [0.1, 0.15) is 10.4 Å². The van der Waals surface area contributed by atoms with Crippen molar-refractivity contribution in [1.82, 2.24) is 4.90 Å². The van der Waals surface area contributed by atoms with Gasteiger partial charge in [-0.1, -0.05) is 48.5 Å². The van der Waals surface area contributed by atoms with Crippen LogP contribution in [0, 0.1) is 5.82 Å². The number of halogens is 1. The minimum Gasteiger partial charge on any atom is -0.366 e. The lowest BCUT2D eigenvalue weighted by Crippen LogP contribution is -2.49. The van der Waals surface area contributed by atoms with Crippen LogP contribution < -0.4 is 4.90 Å². The van der Waals surface area contributed by atoms with E-state index in [1.54, 1.807) is 29.2 Å². The van der Waals surface area contributed by atoms with Crippen molar-refractivity contribution < 1.29 is 17.6 Å². The number of hydrogen-bond acceptors (Lipinski definition) is 4. The summed E-state index contributed by atoms with van der Waals surface area (Å²) in [7, 11) is -3.46. The molecule has 0 radical (unpaired) electrons. The van der Waals surface area contributed by atoms with Crippen molar-refractivity contribution >= 4 is 21.4 Å². The predicted molar refractivity (Wildman–Crippen MR) is 120 cm³/mol. The van der Waals surface area contributed by atoms with Gasteiger partial charge in [-0.2, -0.15) is 0 Å². The Labute approximate surface area is 181 Å². The molecule has 31 heavy (non-hydrogen) atoms. The smallest absolute Gasteiger partial charge is 0.254 e. The first kappa shape index (κ1) is 21.1. The summed E-state index contributed by atoms with van der Waals surface area (Å²) in [5.74, 6) is -0.507. The Morgan fingerprint density at radius 1 is 0.871 bits per heavy atom. The highest BCUT2D eigenvalue weighted by Gasteiger charge is 2.26. The van der Waals surface area contributed by atoms with E-state index in [9.17, 15) is 17.6 Å². The zero-order valence-corrected chi connectivity index (χ0v) is 18.0. The molecule has 3 aromatic carbocycles. The summed E-state index contributed by atoms with van der Waals surface area (Å²) in [4.78, 5) is 17.2. The molecule has 7 heteroatoms. The maximum absolute atomic E-state index is 14.1. The number of anilines is 1. The van der Waals surface area contributed by atoms with E-state index in [4.69, 9.17) is 0 Å². The lowest BCUT2D eigenvalue weighted by molar-refractivity contribution is 0.0747. The molecule has 5 nitrogen and oxygen atoms in total. The van der Waals surface area contributed by atoms with Gasteiger partial charge in [-0.3, -0.25) is 4.79 Å². The molecule has 1 fully saturated rings. The fraction of sp³-hybridized carbons (Fsp3) is 0.208. The molecule has 1 saturated heterocycles. The molecule has 3 aromatic rings. The van der Waals surface area contributed by atoms with Crippen LogP contribution in [0.5, 0.6) is 0 Å². The van der Waals surface area contributed by atoms with Gasteiger partial charge >= 0.3 is 0 Å². The molecule has 0 N–H and O–H groups in total. The van der Waals surface area contributed by atoms with Crippen LogP contribution in [0.2, 0.25) is 0 Å². The second-order valence-electron chi connectivity index (χ2n) is 7.58. The first-order chi connectivity index (χ1) is 14.8. The van der Waals surface area contributed by atoms with Gasteiger partial charge in [0, 0.05) is 38.0 Å². The monoisotopic (exact) mass is 438 g/mol. The number of carbonyl (C=O) groups excluding carboxylic acids is 1.